The van der Waals surface area contributed by atoms with Gasteiger partial charge in [-0.05, 0) is 18.2 Å². The Morgan fingerprint density at radius 2 is 2.22 bits per heavy atom. The van der Waals surface area contributed by atoms with Gasteiger partial charge in [-0.1, -0.05) is 6.07 Å². The third-order valence-corrected chi connectivity index (χ3v) is 3.85. The number of anilines is 1. The Labute approximate surface area is 108 Å². The molecule has 0 spiro atoms. The first-order chi connectivity index (χ1) is 8.63. The van der Waals surface area contributed by atoms with Crippen LogP contribution in [0.25, 0.3) is 0 Å². The fraction of sp³-hybridized carbons (Fsp3) is 0.333. The summed E-state index contributed by atoms with van der Waals surface area (Å²) < 4.78 is 13.1. The number of imide groups is 1. The van der Waals surface area contributed by atoms with E-state index in [9.17, 15) is 14.0 Å². The number of carbonyl (C=O) groups excluding carboxylic acids is 2. The van der Waals surface area contributed by atoms with Crippen LogP contribution in [0.1, 0.15) is 6.42 Å². The summed E-state index contributed by atoms with van der Waals surface area (Å²) in [5, 5.41) is -0.399. The van der Waals surface area contributed by atoms with Crippen molar-refractivity contribution < 1.29 is 14.0 Å². The summed E-state index contributed by atoms with van der Waals surface area (Å²) in [6.45, 7) is 0.461. The highest BCUT2D eigenvalue weighted by Gasteiger charge is 2.39. The summed E-state index contributed by atoms with van der Waals surface area (Å²) in [7, 11) is 0. The number of amides is 2. The standard InChI is InChI=1S/C12H13FN2O2S/c13-8-2-1-3-9(6-8)15-11(16)7-10(12(15)17)18-5-4-14/h1-3,6,10H,4-5,7,14H2. The Morgan fingerprint density at radius 3 is 2.89 bits per heavy atom. The molecule has 1 atom stereocenters. The van der Waals surface area contributed by atoms with Gasteiger partial charge in [0.1, 0.15) is 5.82 Å². The lowest BCUT2D eigenvalue weighted by Crippen LogP contribution is -2.31. The van der Waals surface area contributed by atoms with E-state index in [0.717, 1.165) is 4.90 Å². The van der Waals surface area contributed by atoms with Gasteiger partial charge < -0.3 is 5.73 Å². The van der Waals surface area contributed by atoms with Crippen LogP contribution in [0.4, 0.5) is 10.1 Å². The van der Waals surface area contributed by atoms with E-state index >= 15 is 0 Å². The third-order valence-electron chi connectivity index (χ3n) is 2.61. The Kier molecular flexibility index (Phi) is 3.98. The molecule has 0 radical (unpaired) electrons. The molecule has 4 nitrogen and oxygen atoms in total. The van der Waals surface area contributed by atoms with E-state index in [-0.39, 0.29) is 18.2 Å². The van der Waals surface area contributed by atoms with Gasteiger partial charge in [-0.3, -0.25) is 9.59 Å². The molecule has 0 aromatic heterocycles. The van der Waals surface area contributed by atoms with Crippen molar-refractivity contribution in [2.45, 2.75) is 11.7 Å². The van der Waals surface area contributed by atoms with Crippen LogP contribution >= 0.6 is 11.8 Å². The van der Waals surface area contributed by atoms with Gasteiger partial charge in [0.25, 0.3) is 0 Å². The van der Waals surface area contributed by atoms with Crippen molar-refractivity contribution in [2.75, 3.05) is 17.2 Å². The predicted octanol–water partition coefficient (Wildman–Crippen LogP) is 1.15. The fourth-order valence-electron chi connectivity index (χ4n) is 1.83. The van der Waals surface area contributed by atoms with Crippen LogP contribution in [0.5, 0.6) is 0 Å². The van der Waals surface area contributed by atoms with Crippen LogP contribution in [0.2, 0.25) is 0 Å². The highest BCUT2D eigenvalue weighted by molar-refractivity contribution is 8.00. The number of rotatable bonds is 4. The summed E-state index contributed by atoms with van der Waals surface area (Å²) in [5.41, 5.74) is 5.66. The average Bonchev–Trinajstić information content (AvgIpc) is 2.62. The van der Waals surface area contributed by atoms with Gasteiger partial charge >= 0.3 is 0 Å². The molecule has 0 saturated carbocycles. The quantitative estimate of drug-likeness (QED) is 0.832. The summed E-state index contributed by atoms with van der Waals surface area (Å²) >= 11 is 1.37. The lowest BCUT2D eigenvalue weighted by atomic mass is 10.3. The zero-order chi connectivity index (χ0) is 13.1. The smallest absolute Gasteiger partial charge is 0.247 e. The molecule has 1 aliphatic heterocycles. The maximum Gasteiger partial charge on any atom is 0.247 e. The van der Waals surface area contributed by atoms with E-state index in [1.165, 1.54) is 30.0 Å². The van der Waals surface area contributed by atoms with Gasteiger partial charge in [0.2, 0.25) is 11.8 Å². The van der Waals surface area contributed by atoms with Crippen LogP contribution in [-0.2, 0) is 9.59 Å². The highest BCUT2D eigenvalue weighted by atomic mass is 32.2. The lowest BCUT2D eigenvalue weighted by molar-refractivity contribution is -0.121. The van der Waals surface area contributed by atoms with Crippen molar-refractivity contribution in [3.8, 4) is 0 Å². The van der Waals surface area contributed by atoms with Crippen LogP contribution in [0.15, 0.2) is 24.3 Å². The van der Waals surface area contributed by atoms with Gasteiger partial charge in [-0.15, -0.1) is 11.8 Å². The molecule has 6 heteroatoms. The second-order valence-corrected chi connectivity index (χ2v) is 5.21. The molecule has 0 bridgehead atoms. The van der Waals surface area contributed by atoms with Crippen molar-refractivity contribution in [1.29, 1.82) is 0 Å². The second kappa shape index (κ2) is 5.49. The third kappa shape index (κ3) is 2.54. The van der Waals surface area contributed by atoms with E-state index in [1.807, 2.05) is 0 Å². The number of benzene rings is 1. The van der Waals surface area contributed by atoms with Gasteiger partial charge in [-0.2, -0.15) is 0 Å². The number of thioether (sulfide) groups is 1. The van der Waals surface area contributed by atoms with Crippen molar-refractivity contribution in [3.63, 3.8) is 0 Å². The van der Waals surface area contributed by atoms with Crippen LogP contribution in [0.3, 0.4) is 0 Å². The predicted molar refractivity (Wildman–Crippen MR) is 68.8 cm³/mol. The molecule has 96 valence electrons. The SMILES string of the molecule is NCCSC1CC(=O)N(c2cccc(F)c2)C1=O. The van der Waals surface area contributed by atoms with E-state index < -0.39 is 11.1 Å². The minimum Gasteiger partial charge on any atom is -0.330 e. The van der Waals surface area contributed by atoms with Crippen LogP contribution < -0.4 is 10.6 Å². The summed E-state index contributed by atoms with van der Waals surface area (Å²) in [5.74, 6) is -0.420. The molecule has 18 heavy (non-hydrogen) atoms. The topological polar surface area (TPSA) is 63.4 Å². The molecule has 1 aliphatic rings. The number of hydrogen-bond donors (Lipinski definition) is 1. The number of nitrogens with two attached hydrogens (primary N) is 1. The summed E-state index contributed by atoms with van der Waals surface area (Å²) in [6.07, 6.45) is 0.153. The maximum atomic E-state index is 13.1. The van der Waals surface area contributed by atoms with E-state index in [2.05, 4.69) is 0 Å². The molecule has 1 unspecified atom stereocenters. The van der Waals surface area contributed by atoms with E-state index in [1.54, 1.807) is 6.07 Å². The number of halogens is 1. The van der Waals surface area contributed by atoms with Crippen LogP contribution in [-0.4, -0.2) is 29.4 Å². The molecule has 0 aliphatic carbocycles. The Balaban J connectivity index is 2.19. The molecule has 2 rings (SSSR count). The van der Waals surface area contributed by atoms with Crippen LogP contribution in [0, 0.1) is 5.82 Å². The molecule has 2 amide bonds. The monoisotopic (exact) mass is 268 g/mol. The molecule has 1 saturated heterocycles. The number of nitrogens with zero attached hydrogens (tertiary/aromatic N) is 1. The molecular weight excluding hydrogens is 255 g/mol. The molecule has 1 aromatic rings. The Hall–Kier alpha value is -1.40. The molecule has 1 fully saturated rings. The molecular formula is C12H13FN2O2S. The largest absolute Gasteiger partial charge is 0.330 e. The van der Waals surface area contributed by atoms with E-state index in [0.29, 0.717) is 18.0 Å². The minimum atomic E-state index is -0.467. The van der Waals surface area contributed by atoms with Gasteiger partial charge in [0, 0.05) is 18.7 Å². The summed E-state index contributed by atoms with van der Waals surface area (Å²) in [6, 6.07) is 5.49. The minimum absolute atomic E-state index is 0.153. The van der Waals surface area contributed by atoms with E-state index in [4.69, 9.17) is 5.73 Å². The zero-order valence-corrected chi connectivity index (χ0v) is 10.5. The average molecular weight is 268 g/mol. The van der Waals surface area contributed by atoms with Crippen molar-refractivity contribution in [1.82, 2.24) is 0 Å². The molecule has 1 aromatic carbocycles. The highest BCUT2D eigenvalue weighted by Crippen LogP contribution is 2.29. The lowest BCUT2D eigenvalue weighted by Gasteiger charge is -2.14. The number of hydrogen-bond acceptors (Lipinski definition) is 4. The first-order valence-electron chi connectivity index (χ1n) is 5.57. The van der Waals surface area contributed by atoms with Gasteiger partial charge in [0.15, 0.2) is 0 Å². The summed E-state index contributed by atoms with van der Waals surface area (Å²) in [4.78, 5) is 24.9. The number of carbonyl (C=O) groups is 2. The maximum absolute atomic E-state index is 13.1. The van der Waals surface area contributed by atoms with Crippen molar-refractivity contribution >= 4 is 29.3 Å². The Morgan fingerprint density at radius 1 is 1.44 bits per heavy atom. The molecule has 2 N–H and O–H groups in total. The Bertz CT molecular complexity index is 481. The zero-order valence-electron chi connectivity index (χ0n) is 9.64. The van der Waals surface area contributed by atoms with Crippen molar-refractivity contribution in [3.05, 3.63) is 30.1 Å². The first kappa shape index (κ1) is 13.0. The second-order valence-electron chi connectivity index (χ2n) is 3.90. The van der Waals surface area contributed by atoms with Gasteiger partial charge in [0.05, 0.1) is 10.9 Å². The molecule has 1 heterocycles. The van der Waals surface area contributed by atoms with Gasteiger partial charge in [-0.25, -0.2) is 9.29 Å². The normalized spacial score (nSPS) is 19.7. The van der Waals surface area contributed by atoms with Crippen molar-refractivity contribution in [2.24, 2.45) is 5.73 Å². The fourth-order valence-corrected chi connectivity index (χ4v) is 2.76. The first-order valence-corrected chi connectivity index (χ1v) is 6.62.